The molecule has 0 aromatic carbocycles. The summed E-state index contributed by atoms with van der Waals surface area (Å²) in [5.74, 6) is -0.472. The van der Waals surface area contributed by atoms with Crippen LogP contribution in [-0.4, -0.2) is 46.2 Å². The average Bonchev–Trinajstić information content (AvgIpc) is 2.74. The standard InChI is InChI=1S/C12H22N4O4/c1-8(2)15(9(3)4)6-5-13-12(18)11-10(7-17)16(19)20-14-11/h8-9,17H,5-7H2,1-4H3,(H-,13,14,18,19)/p+1. The van der Waals surface area contributed by atoms with Crippen molar-refractivity contribution >= 4 is 5.91 Å². The van der Waals surface area contributed by atoms with Gasteiger partial charge in [0.2, 0.25) is 0 Å². The first-order valence-electron chi connectivity index (χ1n) is 6.66. The van der Waals surface area contributed by atoms with E-state index in [0.29, 0.717) is 25.2 Å². The predicted octanol–water partition coefficient (Wildman–Crippen LogP) is -0.137. The van der Waals surface area contributed by atoms with E-state index < -0.39 is 12.5 Å². The Balaban J connectivity index is 2.57. The molecule has 0 atom stereocenters. The zero-order chi connectivity index (χ0) is 15.3. The number of hydrogen-bond donors (Lipinski definition) is 3. The normalized spacial score (nSPS) is 11.6. The van der Waals surface area contributed by atoms with Crippen molar-refractivity contribution in [1.82, 2.24) is 15.4 Å². The third kappa shape index (κ3) is 3.91. The van der Waals surface area contributed by atoms with Gasteiger partial charge in [-0.25, -0.2) is 0 Å². The van der Waals surface area contributed by atoms with Crippen LogP contribution in [0, 0.1) is 4.91 Å². The van der Waals surface area contributed by atoms with Crippen LogP contribution in [0.25, 0.3) is 0 Å². The van der Waals surface area contributed by atoms with Crippen molar-refractivity contribution < 1.29 is 19.1 Å². The molecule has 0 saturated carbocycles. The van der Waals surface area contributed by atoms with Crippen LogP contribution in [0.1, 0.15) is 43.9 Å². The zero-order valence-electron chi connectivity index (χ0n) is 12.3. The van der Waals surface area contributed by atoms with Gasteiger partial charge in [0.1, 0.15) is 6.61 Å². The van der Waals surface area contributed by atoms with Gasteiger partial charge in [0, 0.05) is 25.2 Å². The second kappa shape index (κ2) is 7.20. The van der Waals surface area contributed by atoms with Crippen LogP contribution >= 0.6 is 0 Å². The molecule has 0 aliphatic carbocycles. The first-order valence-corrected chi connectivity index (χ1v) is 6.66. The zero-order valence-corrected chi connectivity index (χ0v) is 12.3. The first kappa shape index (κ1) is 16.4. The van der Waals surface area contributed by atoms with Crippen LogP contribution in [0.2, 0.25) is 0 Å². The van der Waals surface area contributed by atoms with E-state index in [-0.39, 0.29) is 16.0 Å². The highest BCUT2D eigenvalue weighted by atomic mass is 16.7. The number of aromatic amines is 1. The van der Waals surface area contributed by atoms with Gasteiger partial charge in [0.15, 0.2) is 4.60 Å². The second-order valence-electron chi connectivity index (χ2n) is 5.11. The highest BCUT2D eigenvalue weighted by Crippen LogP contribution is 2.04. The average molecular weight is 287 g/mol. The van der Waals surface area contributed by atoms with Crippen LogP contribution in [0.15, 0.2) is 4.63 Å². The molecule has 1 rings (SSSR count). The lowest BCUT2D eigenvalue weighted by Crippen LogP contribution is -2.42. The van der Waals surface area contributed by atoms with E-state index >= 15 is 0 Å². The molecule has 0 spiro atoms. The summed E-state index contributed by atoms with van der Waals surface area (Å²) in [7, 11) is 0. The number of hydrogen-bond acceptors (Lipinski definition) is 5. The van der Waals surface area contributed by atoms with E-state index in [1.165, 1.54) is 0 Å². The monoisotopic (exact) mass is 287 g/mol. The number of nitrogens with one attached hydrogen (secondary N) is 2. The minimum Gasteiger partial charge on any atom is -0.387 e. The number of aromatic nitrogens is 2. The van der Waals surface area contributed by atoms with Gasteiger partial charge in [-0.1, -0.05) is 9.79 Å². The van der Waals surface area contributed by atoms with Crippen molar-refractivity contribution in [1.29, 1.82) is 0 Å². The molecule has 0 fully saturated rings. The predicted molar refractivity (Wildman–Crippen MR) is 71.7 cm³/mol. The molecule has 1 aromatic rings. The minimum atomic E-state index is -0.566. The maximum absolute atomic E-state index is 11.9. The van der Waals surface area contributed by atoms with Crippen molar-refractivity contribution in [3.05, 3.63) is 16.3 Å². The number of H-pyrrole nitrogens is 1. The molecule has 8 nitrogen and oxygen atoms in total. The Kier molecular flexibility index (Phi) is 5.90. The summed E-state index contributed by atoms with van der Waals surface area (Å²) >= 11 is 0. The summed E-state index contributed by atoms with van der Waals surface area (Å²) in [6.45, 7) is 8.95. The van der Waals surface area contributed by atoms with Crippen LogP contribution in [0.4, 0.5) is 0 Å². The second-order valence-corrected chi connectivity index (χ2v) is 5.11. The van der Waals surface area contributed by atoms with Gasteiger partial charge in [-0.05, 0) is 32.6 Å². The maximum atomic E-state index is 11.9. The largest absolute Gasteiger partial charge is 0.387 e. The topological polar surface area (TPSA) is 104 Å². The van der Waals surface area contributed by atoms with E-state index in [1.54, 1.807) is 0 Å². The molecule has 0 saturated heterocycles. The van der Waals surface area contributed by atoms with Gasteiger partial charge in [0.25, 0.3) is 17.3 Å². The molecule has 8 heteroatoms. The van der Waals surface area contributed by atoms with E-state index in [4.69, 9.17) is 5.11 Å². The lowest BCUT2D eigenvalue weighted by molar-refractivity contribution is -0.720. The summed E-state index contributed by atoms with van der Waals surface area (Å²) < 4.78 is 4.50. The van der Waals surface area contributed by atoms with Gasteiger partial charge in [-0.15, -0.1) is 0 Å². The van der Waals surface area contributed by atoms with Crippen LogP contribution in [0.3, 0.4) is 0 Å². The third-order valence-corrected chi connectivity index (χ3v) is 3.10. The smallest absolute Gasteiger partial charge is 0.299 e. The SMILES string of the molecule is CC(C)N(CCNC(=O)c1[nH]o[n+](=O)c1CO)C(C)C. The van der Waals surface area contributed by atoms with Crippen molar-refractivity contribution in [2.24, 2.45) is 0 Å². The molecule has 0 bridgehead atoms. The van der Waals surface area contributed by atoms with Crippen molar-refractivity contribution in [2.75, 3.05) is 13.1 Å². The Morgan fingerprint density at radius 2 is 2.00 bits per heavy atom. The van der Waals surface area contributed by atoms with Gasteiger partial charge in [-0.3, -0.25) is 9.69 Å². The number of carbonyl (C=O) groups excluding carboxylic acids is 1. The lowest BCUT2D eigenvalue weighted by Gasteiger charge is -2.30. The number of aliphatic hydroxyl groups is 1. The number of carbonyl (C=O) groups is 1. The summed E-state index contributed by atoms with van der Waals surface area (Å²) in [6, 6.07) is 0.758. The Morgan fingerprint density at radius 3 is 2.50 bits per heavy atom. The first-order chi connectivity index (χ1) is 9.38. The molecule has 114 valence electrons. The minimum absolute atomic E-state index is 0.0526. The lowest BCUT2D eigenvalue weighted by atomic mass is 10.2. The maximum Gasteiger partial charge on any atom is 0.299 e. The molecule has 0 aliphatic heterocycles. The number of amides is 1. The molecule has 1 heterocycles. The fourth-order valence-electron chi connectivity index (χ4n) is 2.11. The third-order valence-electron chi connectivity index (χ3n) is 3.10. The van der Waals surface area contributed by atoms with E-state index in [2.05, 4.69) is 47.7 Å². The van der Waals surface area contributed by atoms with Gasteiger partial charge in [0.05, 0.1) is 0 Å². The summed E-state index contributed by atoms with van der Waals surface area (Å²) in [5, 5.41) is 13.9. The molecule has 0 unspecified atom stereocenters. The fraction of sp³-hybridized carbons (Fsp3) is 0.750. The number of nitrogens with zero attached hydrogens (tertiary/aromatic N) is 2. The van der Waals surface area contributed by atoms with Crippen LogP contribution < -0.4 is 9.92 Å². The molecular weight excluding hydrogens is 264 g/mol. The van der Waals surface area contributed by atoms with Crippen LogP contribution in [-0.2, 0) is 6.61 Å². The van der Waals surface area contributed by atoms with E-state index in [1.807, 2.05) is 0 Å². The van der Waals surface area contributed by atoms with E-state index in [0.717, 1.165) is 0 Å². The Morgan fingerprint density at radius 1 is 1.40 bits per heavy atom. The van der Waals surface area contributed by atoms with Gasteiger partial charge >= 0.3 is 0 Å². The Labute approximate surface area is 117 Å². The highest BCUT2D eigenvalue weighted by Gasteiger charge is 2.26. The molecule has 0 aliphatic rings. The molecule has 20 heavy (non-hydrogen) atoms. The van der Waals surface area contributed by atoms with E-state index in [9.17, 15) is 9.70 Å². The Bertz CT molecular complexity index is 484. The van der Waals surface area contributed by atoms with Crippen LogP contribution in [0.5, 0.6) is 0 Å². The quantitative estimate of drug-likeness (QED) is 0.647. The van der Waals surface area contributed by atoms with Crippen molar-refractivity contribution in [2.45, 2.75) is 46.4 Å². The molecule has 0 radical (unpaired) electrons. The molecular formula is C12H23N4O4+. The van der Waals surface area contributed by atoms with Gasteiger partial charge < -0.3 is 10.4 Å². The number of rotatable bonds is 7. The summed E-state index contributed by atoms with van der Waals surface area (Å²) in [4.78, 5) is 25.2. The van der Waals surface area contributed by atoms with Crippen molar-refractivity contribution in [3.8, 4) is 0 Å². The highest BCUT2D eigenvalue weighted by molar-refractivity contribution is 5.92. The number of aliphatic hydroxyl groups excluding tert-OH is 1. The van der Waals surface area contributed by atoms with Crippen molar-refractivity contribution in [3.63, 3.8) is 0 Å². The molecule has 1 amide bonds. The van der Waals surface area contributed by atoms with Gasteiger partial charge in [-0.2, -0.15) is 0 Å². The molecule has 3 N–H and O–H groups in total. The Hall–Kier alpha value is -1.67. The molecule has 1 aromatic heterocycles. The summed E-state index contributed by atoms with van der Waals surface area (Å²) in [6.07, 6.45) is 0. The fourth-order valence-corrected chi connectivity index (χ4v) is 2.11. The summed E-state index contributed by atoms with van der Waals surface area (Å²) in [5.41, 5.74) is -0.185.